The summed E-state index contributed by atoms with van der Waals surface area (Å²) in [5, 5.41) is 1.49. The molecule has 21 heavy (non-hydrogen) atoms. The fourth-order valence-corrected chi connectivity index (χ4v) is 4.03. The van der Waals surface area contributed by atoms with Crippen LogP contribution >= 0.6 is 23.1 Å². The van der Waals surface area contributed by atoms with Gasteiger partial charge in [-0.3, -0.25) is 14.3 Å². The summed E-state index contributed by atoms with van der Waals surface area (Å²) < 4.78 is 1.74. The highest BCUT2D eigenvalue weighted by Crippen LogP contribution is 2.25. The predicted molar refractivity (Wildman–Crippen MR) is 88.1 cm³/mol. The smallest absolute Gasteiger partial charge is 0.262 e. The van der Waals surface area contributed by atoms with Crippen LogP contribution in [-0.4, -0.2) is 14.5 Å². The van der Waals surface area contributed by atoms with E-state index in [0.717, 1.165) is 25.9 Å². The van der Waals surface area contributed by atoms with E-state index >= 15 is 0 Å². The number of nitrogens with zero attached hydrogens (tertiary/aromatic N) is 3. The minimum absolute atomic E-state index is 0.0513. The number of fused-ring (bicyclic) bond motifs is 1. The van der Waals surface area contributed by atoms with Crippen LogP contribution in [0.15, 0.2) is 40.4 Å². The molecule has 0 aliphatic heterocycles. The van der Waals surface area contributed by atoms with E-state index in [1.54, 1.807) is 33.9 Å². The number of aryl methyl sites for hydroxylation is 1. The van der Waals surface area contributed by atoms with E-state index in [1.807, 2.05) is 38.1 Å². The molecule has 0 unspecified atom stereocenters. The Morgan fingerprint density at radius 3 is 2.95 bits per heavy atom. The third-order valence-electron chi connectivity index (χ3n) is 3.13. The van der Waals surface area contributed by atoms with Gasteiger partial charge >= 0.3 is 0 Å². The topological polar surface area (TPSA) is 47.8 Å². The Kier molecular flexibility index (Phi) is 4.07. The van der Waals surface area contributed by atoms with Crippen LogP contribution in [0.4, 0.5) is 0 Å². The summed E-state index contributed by atoms with van der Waals surface area (Å²) in [6, 6.07) is 7.77. The number of thioether (sulfide) groups is 1. The monoisotopic (exact) mass is 317 g/mol. The van der Waals surface area contributed by atoms with Crippen molar-refractivity contribution < 1.29 is 0 Å². The lowest BCUT2D eigenvalue weighted by molar-refractivity contribution is 0.635. The lowest BCUT2D eigenvalue weighted by Gasteiger charge is -2.09. The Hall–Kier alpha value is -1.66. The first-order chi connectivity index (χ1) is 10.2. The summed E-state index contributed by atoms with van der Waals surface area (Å²) in [6.07, 6.45) is 1.78. The average Bonchev–Trinajstić information content (AvgIpc) is 2.87. The normalized spacial score (nSPS) is 11.1. The molecule has 0 aliphatic rings. The quantitative estimate of drug-likeness (QED) is 0.546. The number of thiophene rings is 1. The lowest BCUT2D eigenvalue weighted by atomic mass is 10.4. The minimum Gasteiger partial charge on any atom is -0.287 e. The zero-order valence-corrected chi connectivity index (χ0v) is 13.5. The molecule has 0 saturated heterocycles. The third kappa shape index (κ3) is 2.87. The third-order valence-corrected chi connectivity index (χ3v) is 5.09. The van der Waals surface area contributed by atoms with Crippen LogP contribution < -0.4 is 5.56 Å². The molecule has 0 atom stereocenters. The largest absolute Gasteiger partial charge is 0.287 e. The number of hydrogen-bond donors (Lipinski definition) is 0. The molecule has 0 bridgehead atoms. The molecule has 0 fully saturated rings. The zero-order chi connectivity index (χ0) is 14.8. The van der Waals surface area contributed by atoms with Crippen molar-refractivity contribution in [3.05, 3.63) is 51.4 Å². The van der Waals surface area contributed by atoms with Crippen LogP contribution in [0.25, 0.3) is 10.2 Å². The van der Waals surface area contributed by atoms with Gasteiger partial charge in [0.1, 0.15) is 4.83 Å². The summed E-state index contributed by atoms with van der Waals surface area (Å²) >= 11 is 3.13. The van der Waals surface area contributed by atoms with Gasteiger partial charge < -0.3 is 0 Å². The van der Waals surface area contributed by atoms with Gasteiger partial charge in [0.2, 0.25) is 0 Å². The summed E-state index contributed by atoms with van der Waals surface area (Å²) in [5.74, 6) is 0.711. The number of aromatic nitrogens is 3. The van der Waals surface area contributed by atoms with Crippen molar-refractivity contribution in [1.82, 2.24) is 14.5 Å². The Labute approximate surface area is 130 Å². The maximum Gasteiger partial charge on any atom is 0.262 e. The van der Waals surface area contributed by atoms with E-state index in [-0.39, 0.29) is 5.56 Å². The second kappa shape index (κ2) is 5.99. The average molecular weight is 317 g/mol. The first kappa shape index (κ1) is 14.3. The van der Waals surface area contributed by atoms with Crippen LogP contribution in [0.5, 0.6) is 0 Å². The van der Waals surface area contributed by atoms with E-state index < -0.39 is 0 Å². The molecule has 3 heterocycles. The maximum atomic E-state index is 12.5. The van der Waals surface area contributed by atoms with Crippen LogP contribution in [-0.2, 0) is 12.3 Å². The van der Waals surface area contributed by atoms with Gasteiger partial charge in [0.05, 0.1) is 11.1 Å². The molecule has 0 N–H and O–H groups in total. The van der Waals surface area contributed by atoms with Gasteiger partial charge in [0.25, 0.3) is 5.56 Å². The molecule has 0 spiro atoms. The molecule has 3 aromatic heterocycles. The van der Waals surface area contributed by atoms with Crippen molar-refractivity contribution in [3.63, 3.8) is 0 Å². The van der Waals surface area contributed by atoms with Gasteiger partial charge in [-0.15, -0.1) is 11.3 Å². The maximum absolute atomic E-state index is 12.5. The van der Waals surface area contributed by atoms with E-state index in [9.17, 15) is 4.79 Å². The standard InChI is InChI=1S/C15H15N3OS2/c1-3-18-14(19)12-8-10(2)21-13(12)17-15(18)20-9-11-6-4-5-7-16-11/h4-8H,3,9H2,1-2H3. The Morgan fingerprint density at radius 1 is 1.38 bits per heavy atom. The molecular formula is C15H15N3OS2. The fraction of sp³-hybridized carbons (Fsp3) is 0.267. The Bertz CT molecular complexity index is 824. The number of rotatable bonds is 4. The van der Waals surface area contributed by atoms with Crippen LogP contribution in [0.2, 0.25) is 0 Å². The van der Waals surface area contributed by atoms with E-state index in [0.29, 0.717) is 12.3 Å². The van der Waals surface area contributed by atoms with Gasteiger partial charge in [-0.05, 0) is 32.0 Å². The lowest BCUT2D eigenvalue weighted by Crippen LogP contribution is -2.21. The second-order valence-electron chi connectivity index (χ2n) is 4.63. The van der Waals surface area contributed by atoms with Crippen LogP contribution in [0.1, 0.15) is 17.5 Å². The van der Waals surface area contributed by atoms with Crippen LogP contribution in [0.3, 0.4) is 0 Å². The minimum atomic E-state index is 0.0513. The highest BCUT2D eigenvalue weighted by molar-refractivity contribution is 7.98. The molecule has 0 aliphatic carbocycles. The number of pyridine rings is 1. The first-order valence-corrected chi connectivity index (χ1v) is 8.53. The Morgan fingerprint density at radius 2 is 2.24 bits per heavy atom. The SMILES string of the molecule is CCn1c(SCc2ccccn2)nc2sc(C)cc2c1=O. The molecule has 0 radical (unpaired) electrons. The molecule has 0 aromatic carbocycles. The van der Waals surface area contributed by atoms with Gasteiger partial charge in [-0.2, -0.15) is 0 Å². The van der Waals surface area contributed by atoms with Gasteiger partial charge in [-0.1, -0.05) is 17.8 Å². The molecule has 3 aromatic rings. The van der Waals surface area contributed by atoms with Crippen molar-refractivity contribution in [3.8, 4) is 0 Å². The van der Waals surface area contributed by atoms with Crippen molar-refractivity contribution in [2.75, 3.05) is 0 Å². The summed E-state index contributed by atoms with van der Waals surface area (Å²) in [5.41, 5.74) is 1.04. The van der Waals surface area contributed by atoms with Crippen LogP contribution in [0, 0.1) is 6.92 Å². The van der Waals surface area contributed by atoms with Gasteiger partial charge in [0, 0.05) is 23.4 Å². The first-order valence-electron chi connectivity index (χ1n) is 6.72. The van der Waals surface area contributed by atoms with Crippen molar-refractivity contribution in [2.24, 2.45) is 0 Å². The van der Waals surface area contributed by atoms with Crippen molar-refractivity contribution in [2.45, 2.75) is 31.3 Å². The second-order valence-corrected chi connectivity index (χ2v) is 6.81. The summed E-state index contributed by atoms with van der Waals surface area (Å²) in [6.45, 7) is 4.60. The van der Waals surface area contributed by atoms with E-state index in [2.05, 4.69) is 9.97 Å². The van der Waals surface area contributed by atoms with Gasteiger partial charge in [-0.25, -0.2) is 4.98 Å². The molecule has 3 rings (SSSR count). The van der Waals surface area contributed by atoms with E-state index in [4.69, 9.17) is 0 Å². The highest BCUT2D eigenvalue weighted by atomic mass is 32.2. The molecular weight excluding hydrogens is 302 g/mol. The summed E-state index contributed by atoms with van der Waals surface area (Å²) in [4.78, 5) is 23.4. The zero-order valence-electron chi connectivity index (χ0n) is 11.9. The predicted octanol–water partition coefficient (Wildman–Crippen LogP) is 3.47. The van der Waals surface area contributed by atoms with Crippen molar-refractivity contribution in [1.29, 1.82) is 0 Å². The molecule has 0 amide bonds. The molecule has 6 heteroatoms. The van der Waals surface area contributed by atoms with Crippen molar-refractivity contribution >= 4 is 33.3 Å². The highest BCUT2D eigenvalue weighted by Gasteiger charge is 2.12. The molecule has 4 nitrogen and oxygen atoms in total. The Balaban J connectivity index is 1.99. The van der Waals surface area contributed by atoms with Gasteiger partial charge in [0.15, 0.2) is 5.16 Å². The fourth-order valence-electron chi connectivity index (χ4n) is 2.13. The van der Waals surface area contributed by atoms with E-state index in [1.165, 1.54) is 0 Å². The molecule has 108 valence electrons. The summed E-state index contributed by atoms with van der Waals surface area (Å²) in [7, 11) is 0. The molecule has 0 saturated carbocycles. The number of hydrogen-bond acceptors (Lipinski definition) is 5.